The second-order valence-corrected chi connectivity index (χ2v) is 9.62. The molecule has 7 rings (SSSR count). The van der Waals surface area contributed by atoms with Gasteiger partial charge in [-0.15, -0.1) is 0 Å². The molecule has 0 fully saturated rings. The standard InChI is InChI=1S/C36H23N3/c37-24-31-21-30(19-20-38-31)27-13-11-26(12-14-27)29-16-18-36-34(23-29)33-22-28(25-7-3-1-4-8-25)15-17-35(33)39(36)32-9-5-2-6-10-32/h1-23H. The summed E-state index contributed by atoms with van der Waals surface area (Å²) in [6, 6.07) is 49.0. The summed E-state index contributed by atoms with van der Waals surface area (Å²) in [5.74, 6) is 0. The van der Waals surface area contributed by atoms with Gasteiger partial charge in [0.05, 0.1) is 11.0 Å². The van der Waals surface area contributed by atoms with Crippen molar-refractivity contribution in [3.63, 3.8) is 0 Å². The van der Waals surface area contributed by atoms with Gasteiger partial charge in [-0.05, 0) is 81.9 Å². The van der Waals surface area contributed by atoms with Gasteiger partial charge in [0, 0.05) is 22.7 Å². The second kappa shape index (κ2) is 9.45. The summed E-state index contributed by atoms with van der Waals surface area (Å²) in [6.45, 7) is 0. The molecular weight excluding hydrogens is 474 g/mol. The van der Waals surface area contributed by atoms with Gasteiger partial charge in [-0.2, -0.15) is 5.26 Å². The zero-order valence-electron chi connectivity index (χ0n) is 21.1. The van der Waals surface area contributed by atoms with Gasteiger partial charge in [-0.25, -0.2) is 4.98 Å². The monoisotopic (exact) mass is 497 g/mol. The highest BCUT2D eigenvalue weighted by Crippen LogP contribution is 2.37. The van der Waals surface area contributed by atoms with E-state index in [0.717, 1.165) is 22.4 Å². The fraction of sp³-hybridized carbons (Fsp3) is 0. The summed E-state index contributed by atoms with van der Waals surface area (Å²) in [5, 5.41) is 11.7. The zero-order chi connectivity index (χ0) is 26.2. The summed E-state index contributed by atoms with van der Waals surface area (Å²) >= 11 is 0. The van der Waals surface area contributed by atoms with E-state index in [1.165, 1.54) is 38.5 Å². The maximum Gasteiger partial charge on any atom is 0.141 e. The summed E-state index contributed by atoms with van der Waals surface area (Å²) < 4.78 is 2.35. The smallest absolute Gasteiger partial charge is 0.141 e. The normalized spacial score (nSPS) is 11.1. The van der Waals surface area contributed by atoms with Gasteiger partial charge >= 0.3 is 0 Å². The third kappa shape index (κ3) is 4.05. The van der Waals surface area contributed by atoms with E-state index in [4.69, 9.17) is 0 Å². The van der Waals surface area contributed by atoms with Crippen molar-refractivity contribution < 1.29 is 0 Å². The molecule has 39 heavy (non-hydrogen) atoms. The van der Waals surface area contributed by atoms with Gasteiger partial charge in [0.1, 0.15) is 11.8 Å². The Bertz CT molecular complexity index is 2000. The molecular formula is C36H23N3. The number of rotatable bonds is 4. The quantitative estimate of drug-likeness (QED) is 0.243. The number of pyridine rings is 1. The van der Waals surface area contributed by atoms with E-state index in [0.29, 0.717) is 5.69 Å². The molecule has 0 aliphatic carbocycles. The first kappa shape index (κ1) is 22.7. The van der Waals surface area contributed by atoms with Gasteiger partial charge in [0.15, 0.2) is 0 Å². The minimum absolute atomic E-state index is 0.423. The Labute approximate surface area is 226 Å². The molecule has 0 aliphatic rings. The van der Waals surface area contributed by atoms with Crippen LogP contribution < -0.4 is 0 Å². The van der Waals surface area contributed by atoms with Crippen molar-refractivity contribution in [2.75, 3.05) is 0 Å². The minimum atomic E-state index is 0.423. The number of benzene rings is 5. The van der Waals surface area contributed by atoms with Crippen molar-refractivity contribution in [3.05, 3.63) is 145 Å². The molecule has 0 amide bonds. The number of fused-ring (bicyclic) bond motifs is 3. The molecule has 2 heterocycles. The maximum atomic E-state index is 9.21. The molecule has 7 aromatic rings. The van der Waals surface area contributed by atoms with Crippen molar-refractivity contribution in [2.24, 2.45) is 0 Å². The first-order valence-electron chi connectivity index (χ1n) is 12.9. The average molecular weight is 498 g/mol. The largest absolute Gasteiger partial charge is 0.309 e. The van der Waals surface area contributed by atoms with Crippen LogP contribution >= 0.6 is 0 Å². The summed E-state index contributed by atoms with van der Waals surface area (Å²) in [7, 11) is 0. The minimum Gasteiger partial charge on any atom is -0.309 e. The van der Waals surface area contributed by atoms with Crippen molar-refractivity contribution in [3.8, 4) is 45.1 Å². The fourth-order valence-electron chi connectivity index (χ4n) is 5.39. The fourth-order valence-corrected chi connectivity index (χ4v) is 5.39. The summed E-state index contributed by atoms with van der Waals surface area (Å²) in [6.07, 6.45) is 1.68. The predicted molar refractivity (Wildman–Crippen MR) is 160 cm³/mol. The molecule has 2 aromatic heterocycles. The van der Waals surface area contributed by atoms with E-state index in [1.807, 2.05) is 12.1 Å². The molecule has 0 atom stereocenters. The third-order valence-electron chi connectivity index (χ3n) is 7.31. The molecule has 0 aliphatic heterocycles. The van der Waals surface area contributed by atoms with Gasteiger partial charge in [0.25, 0.3) is 0 Å². The van der Waals surface area contributed by atoms with Crippen LogP contribution in [0.2, 0.25) is 0 Å². The number of hydrogen-bond donors (Lipinski definition) is 0. The van der Waals surface area contributed by atoms with Crippen molar-refractivity contribution in [2.45, 2.75) is 0 Å². The van der Waals surface area contributed by atoms with E-state index in [9.17, 15) is 5.26 Å². The summed E-state index contributed by atoms with van der Waals surface area (Å²) in [5.41, 5.74) is 10.7. The van der Waals surface area contributed by atoms with Gasteiger partial charge in [0.2, 0.25) is 0 Å². The van der Waals surface area contributed by atoms with Crippen LogP contribution in [-0.4, -0.2) is 9.55 Å². The highest BCUT2D eigenvalue weighted by molar-refractivity contribution is 6.11. The van der Waals surface area contributed by atoms with Gasteiger partial charge in [-0.3, -0.25) is 0 Å². The molecule has 0 N–H and O–H groups in total. The first-order chi connectivity index (χ1) is 19.3. The Morgan fingerprint density at radius 2 is 0.974 bits per heavy atom. The molecule has 182 valence electrons. The zero-order valence-corrected chi connectivity index (χ0v) is 21.1. The second-order valence-electron chi connectivity index (χ2n) is 9.62. The topological polar surface area (TPSA) is 41.6 Å². The van der Waals surface area contributed by atoms with Crippen LogP contribution in [0.5, 0.6) is 0 Å². The molecule has 0 bridgehead atoms. The van der Waals surface area contributed by atoms with Crippen LogP contribution in [0, 0.1) is 11.3 Å². The average Bonchev–Trinajstić information content (AvgIpc) is 3.35. The Balaban J connectivity index is 1.39. The molecule has 5 aromatic carbocycles. The molecule has 0 unspecified atom stereocenters. The maximum absolute atomic E-state index is 9.21. The van der Waals surface area contributed by atoms with Crippen LogP contribution in [0.4, 0.5) is 0 Å². The molecule has 0 radical (unpaired) electrons. The lowest BCUT2D eigenvalue weighted by atomic mass is 9.98. The molecule has 3 heteroatoms. The number of hydrogen-bond acceptors (Lipinski definition) is 2. The van der Waals surface area contributed by atoms with E-state index in [1.54, 1.807) is 6.20 Å². The van der Waals surface area contributed by atoms with Crippen molar-refractivity contribution in [1.29, 1.82) is 5.26 Å². The Morgan fingerprint density at radius 1 is 0.487 bits per heavy atom. The Hall–Kier alpha value is -5.46. The van der Waals surface area contributed by atoms with E-state index in [2.05, 4.69) is 137 Å². The highest BCUT2D eigenvalue weighted by Gasteiger charge is 2.14. The predicted octanol–water partition coefficient (Wildman–Crippen LogP) is 9.05. The number of para-hydroxylation sites is 1. The lowest BCUT2D eigenvalue weighted by Crippen LogP contribution is -1.93. The van der Waals surface area contributed by atoms with Crippen LogP contribution in [0.15, 0.2) is 140 Å². The lowest BCUT2D eigenvalue weighted by Gasteiger charge is -2.09. The third-order valence-corrected chi connectivity index (χ3v) is 7.31. The molecule has 0 saturated carbocycles. The van der Waals surface area contributed by atoms with Gasteiger partial charge < -0.3 is 4.57 Å². The molecule has 3 nitrogen and oxygen atoms in total. The molecule has 0 saturated heterocycles. The van der Waals surface area contributed by atoms with Crippen molar-refractivity contribution in [1.82, 2.24) is 9.55 Å². The van der Waals surface area contributed by atoms with Crippen LogP contribution in [0.25, 0.3) is 60.9 Å². The SMILES string of the molecule is N#Cc1cc(-c2ccc(-c3ccc4c(c3)c3cc(-c5ccccc5)ccc3n4-c3ccccc3)cc2)ccn1. The van der Waals surface area contributed by atoms with Crippen molar-refractivity contribution >= 4 is 21.8 Å². The van der Waals surface area contributed by atoms with E-state index >= 15 is 0 Å². The lowest BCUT2D eigenvalue weighted by molar-refractivity contribution is 1.18. The van der Waals surface area contributed by atoms with Crippen LogP contribution in [0.3, 0.4) is 0 Å². The summed E-state index contributed by atoms with van der Waals surface area (Å²) in [4.78, 5) is 4.09. The Morgan fingerprint density at radius 3 is 1.54 bits per heavy atom. The van der Waals surface area contributed by atoms with E-state index < -0.39 is 0 Å². The number of nitriles is 1. The first-order valence-corrected chi connectivity index (χ1v) is 12.9. The van der Waals surface area contributed by atoms with Crippen LogP contribution in [-0.2, 0) is 0 Å². The van der Waals surface area contributed by atoms with Gasteiger partial charge in [-0.1, -0.05) is 84.9 Å². The van der Waals surface area contributed by atoms with Crippen LogP contribution in [0.1, 0.15) is 5.69 Å². The molecule has 0 spiro atoms. The number of aromatic nitrogens is 2. The Kier molecular flexibility index (Phi) is 5.50. The number of nitrogens with zero attached hydrogens (tertiary/aromatic N) is 3. The van der Waals surface area contributed by atoms with E-state index in [-0.39, 0.29) is 0 Å². The highest BCUT2D eigenvalue weighted by atomic mass is 15.0.